The first-order chi connectivity index (χ1) is 8.66. The van der Waals surface area contributed by atoms with Crippen molar-refractivity contribution < 1.29 is 40.6 Å². The number of rotatable bonds is 8. The smallest absolute Gasteiger partial charge is 0.0554 e. The minimum absolute atomic E-state index is 0. The summed E-state index contributed by atoms with van der Waals surface area (Å²) in [6, 6.07) is 0. The van der Waals surface area contributed by atoms with Crippen LogP contribution in [-0.2, 0) is 9.47 Å². The Labute approximate surface area is 142 Å². The largest absolute Gasteiger partial charge is 0.537 e. The molecule has 0 bridgehead atoms. The van der Waals surface area contributed by atoms with Crippen LogP contribution in [0.25, 0.3) is 0 Å². The van der Waals surface area contributed by atoms with Crippen molar-refractivity contribution >= 4 is 0 Å². The molecule has 1 unspecified atom stereocenters. The van der Waals surface area contributed by atoms with Gasteiger partial charge in [-0.25, -0.2) is 0 Å². The fraction of sp³-hybridized carbons (Fsp3) is 0.933. The minimum Gasteiger partial charge on any atom is -0.537 e. The van der Waals surface area contributed by atoms with Crippen LogP contribution in [0.5, 0.6) is 0 Å². The molecule has 3 nitrogen and oxygen atoms in total. The molecule has 0 aliphatic carbocycles. The molecule has 1 aliphatic rings. The molecule has 0 amide bonds. The third kappa shape index (κ3) is 5.67. The van der Waals surface area contributed by atoms with Crippen molar-refractivity contribution in [2.75, 3.05) is 26.4 Å². The summed E-state index contributed by atoms with van der Waals surface area (Å²) >= 11 is 0. The van der Waals surface area contributed by atoms with Gasteiger partial charge in [-0.1, -0.05) is 27.7 Å². The zero-order valence-electron chi connectivity index (χ0n) is 13.1. The number of nitrogens with one attached hydrogen (secondary N) is 1. The van der Waals surface area contributed by atoms with E-state index >= 15 is 0 Å². The van der Waals surface area contributed by atoms with Crippen LogP contribution in [0.3, 0.4) is 0 Å². The summed E-state index contributed by atoms with van der Waals surface area (Å²) in [6.07, 6.45) is 4.68. The first-order valence-electron chi connectivity index (χ1n) is 7.40. The summed E-state index contributed by atoms with van der Waals surface area (Å²) in [4.78, 5) is 0. The normalized spacial score (nSPS) is 24.0. The molecule has 1 N–H and O–H groups in total. The van der Waals surface area contributed by atoms with E-state index in [-0.39, 0.29) is 36.5 Å². The van der Waals surface area contributed by atoms with Crippen LogP contribution in [0, 0.1) is 48.7 Å². The number of hydrogen-bond acceptors (Lipinski definition) is 3. The summed E-state index contributed by atoms with van der Waals surface area (Å²) < 4.78 is 11.5. The molecule has 1 aliphatic heterocycles. The van der Waals surface area contributed by atoms with Gasteiger partial charge in [-0.3, -0.25) is 0 Å². The van der Waals surface area contributed by atoms with Crippen molar-refractivity contribution in [3.63, 3.8) is 0 Å². The predicted octanol–water partition coefficient (Wildman–Crippen LogP) is 3.35. The van der Waals surface area contributed by atoms with Gasteiger partial charge in [-0.05, 0) is 37.6 Å². The van der Waals surface area contributed by atoms with Crippen LogP contribution in [0.15, 0.2) is 0 Å². The molecular weight excluding hydrogens is 464 g/mol. The van der Waals surface area contributed by atoms with E-state index in [1.165, 1.54) is 19.3 Å². The molecule has 0 spiro atoms. The van der Waals surface area contributed by atoms with E-state index in [9.17, 15) is 0 Å². The van der Waals surface area contributed by atoms with Crippen molar-refractivity contribution in [3.8, 4) is 0 Å². The molecule has 1 heterocycles. The van der Waals surface area contributed by atoms with Gasteiger partial charge in [0.25, 0.3) is 0 Å². The minimum atomic E-state index is 0. The Bertz CT molecular complexity index is 218. The van der Waals surface area contributed by atoms with Crippen molar-refractivity contribution in [1.29, 1.82) is 0 Å². The Morgan fingerprint density at radius 3 is 2.26 bits per heavy atom. The summed E-state index contributed by atoms with van der Waals surface area (Å²) in [7, 11) is 0. The van der Waals surface area contributed by atoms with Crippen LogP contribution in [0.4, 0.5) is 0 Å². The van der Waals surface area contributed by atoms with Crippen LogP contribution >= 0.6 is 0 Å². The summed E-state index contributed by atoms with van der Waals surface area (Å²) in [6.45, 7) is 14.1. The number of hydrogen-bond donors (Lipinski definition) is 1. The monoisotopic (exact) mass is 494 g/mol. The second kappa shape index (κ2) is 9.79. The van der Waals surface area contributed by atoms with Crippen molar-refractivity contribution in [3.05, 3.63) is 6.73 Å². The van der Waals surface area contributed by atoms with Gasteiger partial charge in [0.1, 0.15) is 0 Å². The Hall–Kier alpha value is 0.932. The zero-order chi connectivity index (χ0) is 13.5. The van der Waals surface area contributed by atoms with Crippen molar-refractivity contribution in [2.24, 2.45) is 10.8 Å². The molecule has 1 fully saturated rings. The molecule has 19 heavy (non-hydrogen) atoms. The van der Waals surface area contributed by atoms with Gasteiger partial charge in [0.15, 0.2) is 0 Å². The van der Waals surface area contributed by atoms with Gasteiger partial charge < -0.3 is 14.8 Å². The molecule has 0 radical (unpaired) electrons. The average Bonchev–Trinajstić information content (AvgIpc) is 2.45. The van der Waals surface area contributed by atoms with Crippen molar-refractivity contribution in [1.82, 2.24) is 5.32 Å². The molecule has 1 saturated heterocycles. The maximum absolute atomic E-state index is 6.07. The second-order valence-corrected chi connectivity index (χ2v) is 5.72. The van der Waals surface area contributed by atoms with E-state index in [0.29, 0.717) is 5.41 Å². The predicted molar refractivity (Wildman–Crippen MR) is 75.1 cm³/mol. The van der Waals surface area contributed by atoms with E-state index in [1.54, 1.807) is 6.73 Å². The fourth-order valence-electron chi connectivity index (χ4n) is 2.55. The quantitative estimate of drug-likeness (QED) is 0.526. The van der Waals surface area contributed by atoms with Gasteiger partial charge in [0, 0.05) is 43.1 Å². The molecule has 0 saturated carbocycles. The van der Waals surface area contributed by atoms with E-state index in [0.717, 1.165) is 32.8 Å². The van der Waals surface area contributed by atoms with Crippen LogP contribution in [0.1, 0.15) is 53.4 Å². The Balaban J connectivity index is 0.00000324. The maximum atomic E-state index is 6.07. The Morgan fingerprint density at radius 1 is 1.21 bits per heavy atom. The second-order valence-electron chi connectivity index (χ2n) is 5.72. The Morgan fingerprint density at radius 2 is 1.84 bits per heavy atom. The van der Waals surface area contributed by atoms with E-state index in [1.807, 2.05) is 0 Å². The first-order valence-corrected chi connectivity index (χ1v) is 7.40. The van der Waals surface area contributed by atoms with E-state index < -0.39 is 0 Å². The average molecular weight is 494 g/mol. The summed E-state index contributed by atoms with van der Waals surface area (Å²) in [5.41, 5.74) is 0.514. The maximum Gasteiger partial charge on any atom is 0.0554 e. The fourth-order valence-corrected chi connectivity index (χ4v) is 2.55. The van der Waals surface area contributed by atoms with Gasteiger partial charge in [-0.2, -0.15) is 6.73 Å². The molecular formula is C15H30NO2U-. The van der Waals surface area contributed by atoms with Crippen LogP contribution in [0.2, 0.25) is 0 Å². The topological polar surface area (TPSA) is 30.5 Å². The number of ether oxygens (including phenoxy) is 2. The first kappa shape index (κ1) is 19.9. The van der Waals surface area contributed by atoms with Crippen LogP contribution in [-0.4, -0.2) is 26.4 Å². The zero-order valence-corrected chi connectivity index (χ0v) is 17.2. The third-order valence-corrected chi connectivity index (χ3v) is 4.85. The van der Waals surface area contributed by atoms with Gasteiger partial charge in [0.2, 0.25) is 0 Å². The molecule has 1 rings (SSSR count). The van der Waals surface area contributed by atoms with Gasteiger partial charge >= 0.3 is 0 Å². The van der Waals surface area contributed by atoms with E-state index in [4.69, 9.17) is 9.47 Å². The van der Waals surface area contributed by atoms with Gasteiger partial charge in [-0.15, -0.1) is 0 Å². The molecule has 0 aromatic rings. The SMILES string of the molecule is CCC(CC)(CC)COCC1(CC)CN[CH-]OC1.[U]. The summed E-state index contributed by atoms with van der Waals surface area (Å²) in [5, 5.41) is 3.19. The molecule has 1 atom stereocenters. The van der Waals surface area contributed by atoms with Gasteiger partial charge in [0.05, 0.1) is 13.2 Å². The molecule has 4 heteroatoms. The summed E-state index contributed by atoms with van der Waals surface area (Å²) in [5.74, 6) is 0. The van der Waals surface area contributed by atoms with Crippen LogP contribution < -0.4 is 5.32 Å². The Kier molecular flexibility index (Phi) is 10.3. The third-order valence-electron chi connectivity index (χ3n) is 4.85. The standard InChI is InChI=1S/C15H30NO2.U/c1-5-14(6-2,7-3)10-17-11-15(8-4)9-16-13-18-12-15;/h13,16H,5-12H2,1-4H3;/q-1;. The molecule has 112 valence electrons. The molecule has 0 aromatic heterocycles. The van der Waals surface area contributed by atoms with E-state index in [2.05, 4.69) is 33.0 Å². The van der Waals surface area contributed by atoms with Crippen molar-refractivity contribution in [2.45, 2.75) is 53.4 Å². The molecule has 0 aromatic carbocycles.